The van der Waals surface area contributed by atoms with E-state index in [-0.39, 0.29) is 6.10 Å². The predicted molar refractivity (Wildman–Crippen MR) is 65.7 cm³/mol. The molecule has 2 heterocycles. The summed E-state index contributed by atoms with van der Waals surface area (Å²) < 4.78 is 5.46. The molecule has 2 rings (SSSR count). The molecule has 1 aliphatic rings. The minimum Gasteiger partial charge on any atom is -0.497 e. The molecular formula is C12H15ClN2O. The third kappa shape index (κ3) is 2.89. The maximum absolute atomic E-state index is 5.86. The van der Waals surface area contributed by atoms with Crippen molar-refractivity contribution in [2.24, 2.45) is 0 Å². The Kier molecular flexibility index (Phi) is 3.67. The van der Waals surface area contributed by atoms with Crippen LogP contribution in [0, 0.1) is 6.92 Å². The van der Waals surface area contributed by atoms with Gasteiger partial charge in [-0.2, -0.15) is 0 Å². The number of pyridine rings is 1. The van der Waals surface area contributed by atoms with Crippen LogP contribution in [0.3, 0.4) is 0 Å². The van der Waals surface area contributed by atoms with Gasteiger partial charge in [0.1, 0.15) is 11.3 Å². The summed E-state index contributed by atoms with van der Waals surface area (Å²) in [4.78, 5) is 4.09. The summed E-state index contributed by atoms with van der Waals surface area (Å²) in [5, 5.41) is 3.86. The first-order chi connectivity index (χ1) is 7.75. The van der Waals surface area contributed by atoms with Gasteiger partial charge in [0, 0.05) is 0 Å². The van der Waals surface area contributed by atoms with Gasteiger partial charge in [0.2, 0.25) is 0 Å². The van der Waals surface area contributed by atoms with Gasteiger partial charge in [-0.15, -0.1) is 0 Å². The molecule has 1 atom stereocenters. The van der Waals surface area contributed by atoms with Crippen LogP contribution in [-0.4, -0.2) is 17.6 Å². The van der Waals surface area contributed by atoms with Gasteiger partial charge in [-0.1, -0.05) is 11.6 Å². The summed E-state index contributed by atoms with van der Waals surface area (Å²) >= 11 is 5.86. The smallest absolute Gasteiger partial charge is 0.132 e. The molecule has 1 aromatic rings. The first-order valence-electron chi connectivity index (χ1n) is 5.42. The fourth-order valence-electron chi connectivity index (χ4n) is 1.62. The van der Waals surface area contributed by atoms with Gasteiger partial charge in [-0.05, 0) is 37.5 Å². The molecule has 1 aliphatic heterocycles. The second-order valence-electron chi connectivity index (χ2n) is 3.92. The molecule has 0 amide bonds. The summed E-state index contributed by atoms with van der Waals surface area (Å²) in [6.45, 7) is 2.74. The van der Waals surface area contributed by atoms with Gasteiger partial charge < -0.3 is 10.1 Å². The van der Waals surface area contributed by atoms with E-state index in [0.29, 0.717) is 5.15 Å². The van der Waals surface area contributed by atoms with E-state index in [9.17, 15) is 0 Å². The topological polar surface area (TPSA) is 34.1 Å². The summed E-state index contributed by atoms with van der Waals surface area (Å²) in [5.41, 5.74) is 1.97. The van der Waals surface area contributed by atoms with Crippen molar-refractivity contribution in [3.63, 3.8) is 0 Å². The fourth-order valence-corrected chi connectivity index (χ4v) is 1.72. The van der Waals surface area contributed by atoms with E-state index in [4.69, 9.17) is 16.3 Å². The zero-order valence-electron chi connectivity index (χ0n) is 9.24. The van der Waals surface area contributed by atoms with Gasteiger partial charge in [0.05, 0.1) is 24.7 Å². The zero-order chi connectivity index (χ0) is 11.4. The molecule has 0 radical (unpaired) electrons. The van der Waals surface area contributed by atoms with Crippen molar-refractivity contribution in [1.82, 2.24) is 4.98 Å². The molecule has 0 bridgehead atoms. The second kappa shape index (κ2) is 5.21. The largest absolute Gasteiger partial charge is 0.497 e. The normalized spacial score (nSPS) is 19.2. The number of nitrogens with zero attached hydrogens (tertiary/aromatic N) is 1. The molecule has 0 fully saturated rings. The Morgan fingerprint density at radius 1 is 1.62 bits per heavy atom. The van der Waals surface area contributed by atoms with Crippen LogP contribution >= 0.6 is 11.6 Å². The van der Waals surface area contributed by atoms with Crippen LogP contribution in [0.1, 0.15) is 18.4 Å². The van der Waals surface area contributed by atoms with Crippen molar-refractivity contribution < 1.29 is 4.74 Å². The second-order valence-corrected chi connectivity index (χ2v) is 4.28. The lowest BCUT2D eigenvalue weighted by Gasteiger charge is -2.20. The van der Waals surface area contributed by atoms with Crippen molar-refractivity contribution in [2.45, 2.75) is 25.9 Å². The van der Waals surface area contributed by atoms with Crippen LogP contribution in [0.15, 0.2) is 24.6 Å². The highest BCUT2D eigenvalue weighted by Gasteiger charge is 2.10. The molecule has 0 spiro atoms. The van der Waals surface area contributed by atoms with Crippen LogP contribution in [0.4, 0.5) is 5.69 Å². The standard InChI is InChI=1S/C12H15ClN2O/c1-9-6-10(7-15-12(9)13)14-8-11-4-2-3-5-16-11/h3,5-7,11,14H,2,4,8H2,1H3. The average molecular weight is 239 g/mol. The Bertz CT molecular complexity index is 393. The van der Waals surface area contributed by atoms with E-state index in [0.717, 1.165) is 30.6 Å². The molecular weight excluding hydrogens is 224 g/mol. The van der Waals surface area contributed by atoms with Gasteiger partial charge in [0.25, 0.3) is 0 Å². The molecule has 0 saturated heterocycles. The number of aromatic nitrogens is 1. The maximum atomic E-state index is 5.86. The van der Waals surface area contributed by atoms with Crippen LogP contribution in [0.2, 0.25) is 5.15 Å². The van der Waals surface area contributed by atoms with Crippen LogP contribution in [0.25, 0.3) is 0 Å². The van der Waals surface area contributed by atoms with Gasteiger partial charge in [-0.3, -0.25) is 0 Å². The number of hydrogen-bond acceptors (Lipinski definition) is 3. The molecule has 86 valence electrons. The SMILES string of the molecule is Cc1cc(NCC2CCC=CO2)cnc1Cl. The van der Waals surface area contributed by atoms with Crippen molar-refractivity contribution in [3.8, 4) is 0 Å². The van der Waals surface area contributed by atoms with E-state index < -0.39 is 0 Å². The molecule has 4 heteroatoms. The van der Waals surface area contributed by atoms with E-state index in [1.165, 1.54) is 0 Å². The first kappa shape index (κ1) is 11.3. The van der Waals surface area contributed by atoms with Crippen molar-refractivity contribution >= 4 is 17.3 Å². The lowest BCUT2D eigenvalue weighted by Crippen LogP contribution is -2.23. The van der Waals surface area contributed by atoms with Crippen molar-refractivity contribution in [1.29, 1.82) is 0 Å². The summed E-state index contributed by atoms with van der Waals surface area (Å²) in [7, 11) is 0. The minimum absolute atomic E-state index is 0.251. The van der Waals surface area contributed by atoms with Crippen molar-refractivity contribution in [2.75, 3.05) is 11.9 Å². The lowest BCUT2D eigenvalue weighted by atomic mass is 10.1. The van der Waals surface area contributed by atoms with E-state index in [1.54, 1.807) is 12.5 Å². The minimum atomic E-state index is 0.251. The molecule has 1 unspecified atom stereocenters. The van der Waals surface area contributed by atoms with E-state index in [2.05, 4.69) is 10.3 Å². The quantitative estimate of drug-likeness (QED) is 0.822. The van der Waals surface area contributed by atoms with Crippen molar-refractivity contribution in [3.05, 3.63) is 35.3 Å². The van der Waals surface area contributed by atoms with Crippen LogP contribution < -0.4 is 5.32 Å². The molecule has 1 aromatic heterocycles. The number of halogens is 1. The number of aryl methyl sites for hydroxylation is 1. The third-order valence-corrected chi connectivity index (χ3v) is 2.97. The highest BCUT2D eigenvalue weighted by molar-refractivity contribution is 6.30. The van der Waals surface area contributed by atoms with Gasteiger partial charge >= 0.3 is 0 Å². The highest BCUT2D eigenvalue weighted by Crippen LogP contribution is 2.17. The number of anilines is 1. The summed E-state index contributed by atoms with van der Waals surface area (Å²) in [6.07, 6.45) is 7.97. The molecule has 1 N–H and O–H groups in total. The van der Waals surface area contributed by atoms with E-state index >= 15 is 0 Å². The number of rotatable bonds is 3. The molecule has 0 saturated carbocycles. The Morgan fingerprint density at radius 3 is 3.19 bits per heavy atom. The van der Waals surface area contributed by atoms with Crippen LogP contribution in [-0.2, 0) is 4.74 Å². The predicted octanol–water partition coefficient (Wildman–Crippen LogP) is 3.15. The number of allylic oxidation sites excluding steroid dienone is 1. The fraction of sp³-hybridized carbons (Fsp3) is 0.417. The summed E-state index contributed by atoms with van der Waals surface area (Å²) in [6, 6.07) is 1.99. The molecule has 16 heavy (non-hydrogen) atoms. The lowest BCUT2D eigenvalue weighted by molar-refractivity contribution is 0.135. The Morgan fingerprint density at radius 2 is 2.50 bits per heavy atom. The zero-order valence-corrected chi connectivity index (χ0v) is 10.00. The number of nitrogens with one attached hydrogen (secondary N) is 1. The Balaban J connectivity index is 1.89. The number of hydrogen-bond donors (Lipinski definition) is 1. The Hall–Kier alpha value is -1.22. The monoisotopic (exact) mass is 238 g/mol. The summed E-state index contributed by atoms with van der Waals surface area (Å²) in [5.74, 6) is 0. The number of ether oxygens (including phenoxy) is 1. The Labute approximate surface area is 100 Å². The average Bonchev–Trinajstić information content (AvgIpc) is 2.32. The molecule has 0 aliphatic carbocycles. The molecule has 0 aromatic carbocycles. The highest BCUT2D eigenvalue weighted by atomic mass is 35.5. The van der Waals surface area contributed by atoms with Gasteiger partial charge in [0.15, 0.2) is 0 Å². The third-order valence-electron chi connectivity index (χ3n) is 2.57. The van der Waals surface area contributed by atoms with Gasteiger partial charge in [-0.25, -0.2) is 4.98 Å². The van der Waals surface area contributed by atoms with Crippen LogP contribution in [0.5, 0.6) is 0 Å². The maximum Gasteiger partial charge on any atom is 0.132 e. The first-order valence-corrected chi connectivity index (χ1v) is 5.80. The van der Waals surface area contributed by atoms with E-state index in [1.807, 2.05) is 19.1 Å². The molecule has 3 nitrogen and oxygen atoms in total.